The molecule has 10 aromatic carbocycles. The molecule has 2 nitrogen and oxygen atoms in total. The molecular formula is C66H45NO. The summed E-state index contributed by atoms with van der Waals surface area (Å²) >= 11 is 0. The molecule has 0 saturated heterocycles. The Bertz CT molecular complexity index is 3710. The van der Waals surface area contributed by atoms with E-state index in [1.165, 1.54) is 77.9 Å². The number of para-hydroxylation sites is 2. The lowest BCUT2D eigenvalue weighted by atomic mass is 9.66. The van der Waals surface area contributed by atoms with Crippen molar-refractivity contribution < 1.29 is 4.74 Å². The number of rotatable bonds is 4. The van der Waals surface area contributed by atoms with E-state index in [-0.39, 0.29) is 5.41 Å². The van der Waals surface area contributed by atoms with Crippen LogP contribution >= 0.6 is 0 Å². The van der Waals surface area contributed by atoms with Gasteiger partial charge in [0.2, 0.25) is 0 Å². The molecule has 2 heteroatoms. The molecular weight excluding hydrogens is 823 g/mol. The van der Waals surface area contributed by atoms with Gasteiger partial charge in [-0.2, -0.15) is 0 Å². The standard InChI is InChI=1S/C66H45NO/c1-65(2)57-28-12-7-21-50(57)51-40-39-46(41-60(51)65)67(61-31-16-25-53-49-20-6-5-19-48(49)52-22-9-14-32-62(52)68-64(53)61)45-37-35-42(36-38-45)47-24-15-30-59-63(47)54-23-8-13-29-58(54)66(59)55-26-10-3-17-43(55)33-34-44-18-4-11-27-56(44)66/h3-41H,1-2H3. The normalized spacial score (nSPS) is 14.3. The summed E-state index contributed by atoms with van der Waals surface area (Å²) in [5.41, 5.74) is 24.9. The lowest BCUT2D eigenvalue weighted by Gasteiger charge is -2.35. The highest BCUT2D eigenvalue weighted by atomic mass is 16.5. The minimum atomic E-state index is -0.487. The highest BCUT2D eigenvalue weighted by Gasteiger charge is 2.49. The van der Waals surface area contributed by atoms with Crippen LogP contribution in [0.3, 0.4) is 0 Å². The number of hydrogen-bond donors (Lipinski definition) is 0. The fraction of sp³-hybridized carbons (Fsp3) is 0.0606. The van der Waals surface area contributed by atoms with Crippen molar-refractivity contribution in [1.29, 1.82) is 0 Å². The Labute approximate surface area is 397 Å². The zero-order valence-corrected chi connectivity index (χ0v) is 37.9. The number of hydrogen-bond acceptors (Lipinski definition) is 2. The zero-order valence-electron chi connectivity index (χ0n) is 37.9. The van der Waals surface area contributed by atoms with Crippen LogP contribution in [-0.4, -0.2) is 0 Å². The molecule has 4 aliphatic rings. The van der Waals surface area contributed by atoms with Crippen LogP contribution in [0, 0.1) is 0 Å². The van der Waals surface area contributed by atoms with Crippen molar-refractivity contribution in [2.24, 2.45) is 0 Å². The molecule has 0 amide bonds. The largest absolute Gasteiger partial charge is 0.454 e. The molecule has 0 N–H and O–H groups in total. The Kier molecular flexibility index (Phi) is 8.28. The fourth-order valence-corrected chi connectivity index (χ4v) is 12.4. The molecule has 1 spiro atoms. The summed E-state index contributed by atoms with van der Waals surface area (Å²) in [4.78, 5) is 2.41. The molecule has 3 aliphatic carbocycles. The van der Waals surface area contributed by atoms with Crippen LogP contribution in [-0.2, 0) is 10.8 Å². The van der Waals surface area contributed by atoms with Crippen molar-refractivity contribution in [2.75, 3.05) is 4.90 Å². The van der Waals surface area contributed by atoms with Crippen molar-refractivity contribution >= 4 is 29.2 Å². The third-order valence-electron chi connectivity index (χ3n) is 15.3. The van der Waals surface area contributed by atoms with E-state index in [9.17, 15) is 0 Å². The lowest BCUT2D eigenvalue weighted by molar-refractivity contribution is 0.489. The third kappa shape index (κ3) is 5.34. The average Bonchev–Trinajstić information content (AvgIpc) is 3.67. The van der Waals surface area contributed by atoms with Crippen molar-refractivity contribution in [1.82, 2.24) is 0 Å². The van der Waals surface area contributed by atoms with Crippen LogP contribution in [0.2, 0.25) is 0 Å². The molecule has 1 heterocycles. The zero-order chi connectivity index (χ0) is 45.1. The molecule has 0 saturated carbocycles. The van der Waals surface area contributed by atoms with Crippen molar-refractivity contribution in [3.05, 3.63) is 269 Å². The van der Waals surface area contributed by atoms with E-state index in [1.54, 1.807) is 0 Å². The minimum Gasteiger partial charge on any atom is -0.454 e. The molecule has 0 aromatic heterocycles. The van der Waals surface area contributed by atoms with Crippen molar-refractivity contribution in [3.8, 4) is 67.1 Å². The van der Waals surface area contributed by atoms with E-state index in [4.69, 9.17) is 4.74 Å². The number of nitrogens with zero attached hydrogens (tertiary/aromatic N) is 1. The third-order valence-corrected chi connectivity index (χ3v) is 15.3. The molecule has 0 bridgehead atoms. The minimum absolute atomic E-state index is 0.171. The first-order valence-corrected chi connectivity index (χ1v) is 23.8. The average molecular weight is 868 g/mol. The molecule has 0 radical (unpaired) electrons. The van der Waals surface area contributed by atoms with Gasteiger partial charge in [0.05, 0.1) is 11.1 Å². The topological polar surface area (TPSA) is 12.5 Å². The molecule has 14 rings (SSSR count). The maximum Gasteiger partial charge on any atom is 0.159 e. The summed E-state index contributed by atoms with van der Waals surface area (Å²) in [6.45, 7) is 4.71. The second-order valence-corrected chi connectivity index (χ2v) is 19.1. The lowest BCUT2D eigenvalue weighted by Crippen LogP contribution is -2.29. The summed E-state index contributed by atoms with van der Waals surface area (Å²) in [5, 5.41) is 0. The first-order chi connectivity index (χ1) is 33.5. The smallest absolute Gasteiger partial charge is 0.159 e. The van der Waals surface area contributed by atoms with Gasteiger partial charge >= 0.3 is 0 Å². The summed E-state index contributed by atoms with van der Waals surface area (Å²) < 4.78 is 7.17. The second-order valence-electron chi connectivity index (χ2n) is 19.1. The highest BCUT2D eigenvalue weighted by molar-refractivity contribution is 5.99. The molecule has 0 unspecified atom stereocenters. The molecule has 10 aromatic rings. The first kappa shape index (κ1) is 38.8. The Hall–Kier alpha value is -8.46. The molecule has 68 heavy (non-hydrogen) atoms. The van der Waals surface area contributed by atoms with Gasteiger partial charge in [-0.25, -0.2) is 0 Å². The predicted molar refractivity (Wildman–Crippen MR) is 281 cm³/mol. The number of benzene rings is 10. The van der Waals surface area contributed by atoms with E-state index < -0.39 is 5.41 Å². The first-order valence-electron chi connectivity index (χ1n) is 23.8. The number of fused-ring (bicyclic) bond motifs is 17. The van der Waals surface area contributed by atoms with Gasteiger partial charge in [-0.1, -0.05) is 214 Å². The maximum atomic E-state index is 7.17. The highest BCUT2D eigenvalue weighted by Crippen LogP contribution is 2.61. The Morgan fingerprint density at radius 3 is 1.60 bits per heavy atom. The summed E-state index contributed by atoms with van der Waals surface area (Å²) in [6, 6.07) is 82.9. The number of ether oxygens (including phenoxy) is 1. The molecule has 320 valence electrons. The van der Waals surface area contributed by atoms with Crippen LogP contribution < -0.4 is 9.64 Å². The van der Waals surface area contributed by atoms with Gasteiger partial charge in [0, 0.05) is 27.9 Å². The summed E-state index contributed by atoms with van der Waals surface area (Å²) in [7, 11) is 0. The molecule has 0 fully saturated rings. The van der Waals surface area contributed by atoms with Gasteiger partial charge in [0.25, 0.3) is 0 Å². The monoisotopic (exact) mass is 867 g/mol. The predicted octanol–water partition coefficient (Wildman–Crippen LogP) is 17.4. The maximum absolute atomic E-state index is 7.17. The Morgan fingerprint density at radius 1 is 0.353 bits per heavy atom. The van der Waals surface area contributed by atoms with Gasteiger partial charge in [-0.3, -0.25) is 0 Å². The van der Waals surface area contributed by atoms with E-state index in [1.807, 2.05) is 0 Å². The summed E-state index contributed by atoms with van der Waals surface area (Å²) in [5.74, 6) is 1.68. The van der Waals surface area contributed by atoms with E-state index in [0.717, 1.165) is 50.8 Å². The van der Waals surface area contributed by atoms with Crippen LogP contribution in [0.1, 0.15) is 58.4 Å². The van der Waals surface area contributed by atoms with Crippen LogP contribution in [0.4, 0.5) is 17.1 Å². The Morgan fingerprint density at radius 2 is 0.868 bits per heavy atom. The van der Waals surface area contributed by atoms with Gasteiger partial charge in [0.1, 0.15) is 5.75 Å². The van der Waals surface area contributed by atoms with Crippen LogP contribution in [0.25, 0.3) is 67.8 Å². The van der Waals surface area contributed by atoms with Gasteiger partial charge in [-0.15, -0.1) is 0 Å². The molecule has 1 aliphatic heterocycles. The van der Waals surface area contributed by atoms with Crippen molar-refractivity contribution in [2.45, 2.75) is 24.7 Å². The van der Waals surface area contributed by atoms with E-state index in [2.05, 4.69) is 255 Å². The quantitative estimate of drug-likeness (QED) is 0.175. The van der Waals surface area contributed by atoms with E-state index in [0.29, 0.717) is 0 Å². The van der Waals surface area contributed by atoms with Crippen molar-refractivity contribution in [3.63, 3.8) is 0 Å². The van der Waals surface area contributed by atoms with Gasteiger partial charge in [0.15, 0.2) is 5.75 Å². The van der Waals surface area contributed by atoms with E-state index >= 15 is 0 Å². The summed E-state index contributed by atoms with van der Waals surface area (Å²) in [6.07, 6.45) is 4.60. The van der Waals surface area contributed by atoms with Gasteiger partial charge in [-0.05, 0) is 125 Å². The second kappa shape index (κ2) is 14.5. The fourth-order valence-electron chi connectivity index (χ4n) is 12.4. The Balaban J connectivity index is 0.969. The SMILES string of the molecule is CC1(C)c2ccccc2-c2ccc(N(c3ccc(-c4cccc5c4-c4ccccc4C54c5ccccc5C=Cc5ccccc54)cc3)c3cccc4c3Oc3ccccc3-c3ccccc3-4)cc21. The van der Waals surface area contributed by atoms with Crippen LogP contribution in [0.5, 0.6) is 11.5 Å². The number of anilines is 3. The van der Waals surface area contributed by atoms with Gasteiger partial charge < -0.3 is 9.64 Å². The molecule has 0 atom stereocenters. The van der Waals surface area contributed by atoms with Crippen LogP contribution in [0.15, 0.2) is 224 Å².